The van der Waals surface area contributed by atoms with E-state index in [2.05, 4.69) is 15.5 Å². The topological polar surface area (TPSA) is 113 Å². The first-order valence-electron chi connectivity index (χ1n) is 6.42. The van der Waals surface area contributed by atoms with Crippen LogP contribution < -0.4 is 10.5 Å². The van der Waals surface area contributed by atoms with Crippen molar-refractivity contribution in [3.05, 3.63) is 18.2 Å². The standard InChI is InChI=1S/C12H15N5O3S/c1-20-11-6-8(2-3-10(11)13)12-14-15-16-17(12)9-4-5-21(18,19)7-9/h2-3,6,9H,4-5,7,13H2,1H3. The van der Waals surface area contributed by atoms with Gasteiger partial charge in [0.15, 0.2) is 15.7 Å². The second-order valence-corrected chi connectivity index (χ2v) is 7.19. The number of benzene rings is 1. The van der Waals surface area contributed by atoms with Gasteiger partial charge in [-0.2, -0.15) is 0 Å². The predicted octanol–water partition coefficient (Wildman–Crippen LogP) is 0.290. The molecule has 0 aliphatic carbocycles. The van der Waals surface area contributed by atoms with Crippen molar-refractivity contribution in [3.63, 3.8) is 0 Å². The fourth-order valence-electron chi connectivity index (χ4n) is 2.45. The third-order valence-corrected chi connectivity index (χ3v) is 5.29. The third kappa shape index (κ3) is 2.56. The molecule has 1 saturated heterocycles. The zero-order valence-electron chi connectivity index (χ0n) is 11.4. The number of hydrogen-bond acceptors (Lipinski definition) is 7. The number of tetrazole rings is 1. The van der Waals surface area contributed by atoms with Gasteiger partial charge in [-0.15, -0.1) is 5.10 Å². The Kier molecular flexibility index (Phi) is 3.28. The zero-order chi connectivity index (χ0) is 15.0. The summed E-state index contributed by atoms with van der Waals surface area (Å²) in [7, 11) is -1.47. The summed E-state index contributed by atoms with van der Waals surface area (Å²) < 4.78 is 30.0. The van der Waals surface area contributed by atoms with Gasteiger partial charge in [-0.1, -0.05) is 0 Å². The normalized spacial score (nSPS) is 20.5. The van der Waals surface area contributed by atoms with Crippen molar-refractivity contribution in [2.24, 2.45) is 0 Å². The number of ether oxygens (including phenoxy) is 1. The summed E-state index contributed by atoms with van der Waals surface area (Å²) in [5, 5.41) is 11.6. The molecular formula is C12H15N5O3S. The molecule has 1 fully saturated rings. The Hall–Kier alpha value is -2.16. The first-order valence-corrected chi connectivity index (χ1v) is 8.24. The van der Waals surface area contributed by atoms with E-state index in [1.165, 1.54) is 7.11 Å². The van der Waals surface area contributed by atoms with E-state index in [0.717, 1.165) is 5.56 Å². The molecule has 9 heteroatoms. The minimum absolute atomic E-state index is 0.0666. The molecule has 2 N–H and O–H groups in total. The Morgan fingerprint density at radius 1 is 1.43 bits per heavy atom. The molecule has 1 aliphatic rings. The first-order chi connectivity index (χ1) is 10.00. The average molecular weight is 309 g/mol. The van der Waals surface area contributed by atoms with Crippen LogP contribution in [0.1, 0.15) is 12.5 Å². The Morgan fingerprint density at radius 3 is 2.90 bits per heavy atom. The fraction of sp³-hybridized carbons (Fsp3) is 0.417. The van der Waals surface area contributed by atoms with Crippen molar-refractivity contribution >= 4 is 15.5 Å². The Morgan fingerprint density at radius 2 is 2.24 bits per heavy atom. The smallest absolute Gasteiger partial charge is 0.182 e. The van der Waals surface area contributed by atoms with Crippen LogP contribution in [0.3, 0.4) is 0 Å². The van der Waals surface area contributed by atoms with Crippen LogP contribution in [-0.2, 0) is 9.84 Å². The highest BCUT2D eigenvalue weighted by molar-refractivity contribution is 7.91. The number of anilines is 1. The summed E-state index contributed by atoms with van der Waals surface area (Å²) in [6.45, 7) is 0. The first kappa shape index (κ1) is 13.8. The number of rotatable bonds is 3. The lowest BCUT2D eigenvalue weighted by Crippen LogP contribution is -2.14. The molecule has 1 aromatic heterocycles. The van der Waals surface area contributed by atoms with E-state index in [4.69, 9.17) is 10.5 Å². The molecule has 0 bridgehead atoms. The van der Waals surface area contributed by atoms with E-state index < -0.39 is 9.84 Å². The summed E-state index contributed by atoms with van der Waals surface area (Å²) in [4.78, 5) is 0. The summed E-state index contributed by atoms with van der Waals surface area (Å²) in [5.41, 5.74) is 7.04. The van der Waals surface area contributed by atoms with Crippen molar-refractivity contribution < 1.29 is 13.2 Å². The van der Waals surface area contributed by atoms with Gasteiger partial charge in [0.1, 0.15) is 5.75 Å². The largest absolute Gasteiger partial charge is 0.495 e. The Labute approximate surface area is 121 Å². The highest BCUT2D eigenvalue weighted by atomic mass is 32.2. The van der Waals surface area contributed by atoms with E-state index in [0.29, 0.717) is 23.7 Å². The Bertz CT molecular complexity index is 771. The molecular weight excluding hydrogens is 294 g/mol. The molecule has 0 spiro atoms. The summed E-state index contributed by atoms with van der Waals surface area (Å²) in [6, 6.07) is 4.99. The average Bonchev–Trinajstić information content (AvgIpc) is 3.05. The molecule has 112 valence electrons. The number of nitrogens with zero attached hydrogens (tertiary/aromatic N) is 4. The maximum absolute atomic E-state index is 11.6. The van der Waals surface area contributed by atoms with Crippen LogP contribution in [0.5, 0.6) is 5.75 Å². The van der Waals surface area contributed by atoms with Gasteiger partial charge >= 0.3 is 0 Å². The lowest BCUT2D eigenvalue weighted by Gasteiger charge is -2.11. The maximum atomic E-state index is 11.6. The monoisotopic (exact) mass is 309 g/mol. The quantitative estimate of drug-likeness (QED) is 0.811. The molecule has 0 amide bonds. The molecule has 1 aromatic carbocycles. The predicted molar refractivity (Wildman–Crippen MR) is 76.5 cm³/mol. The zero-order valence-corrected chi connectivity index (χ0v) is 12.2. The van der Waals surface area contributed by atoms with Gasteiger partial charge in [-0.25, -0.2) is 13.1 Å². The lowest BCUT2D eigenvalue weighted by atomic mass is 10.1. The van der Waals surface area contributed by atoms with Gasteiger partial charge in [0, 0.05) is 5.56 Å². The van der Waals surface area contributed by atoms with E-state index >= 15 is 0 Å². The molecule has 1 atom stereocenters. The number of nitrogen functional groups attached to an aromatic ring is 1. The second kappa shape index (κ2) is 4.99. The number of methoxy groups -OCH3 is 1. The van der Waals surface area contributed by atoms with Gasteiger partial charge in [0.05, 0.1) is 30.3 Å². The van der Waals surface area contributed by atoms with Crippen molar-refractivity contribution in [1.82, 2.24) is 20.2 Å². The number of nitrogens with two attached hydrogens (primary N) is 1. The number of aromatic nitrogens is 4. The molecule has 1 unspecified atom stereocenters. The summed E-state index contributed by atoms with van der Waals surface area (Å²) >= 11 is 0. The molecule has 21 heavy (non-hydrogen) atoms. The van der Waals surface area contributed by atoms with Gasteiger partial charge in [-0.3, -0.25) is 0 Å². The highest BCUT2D eigenvalue weighted by Gasteiger charge is 2.31. The van der Waals surface area contributed by atoms with E-state index in [9.17, 15) is 8.42 Å². The highest BCUT2D eigenvalue weighted by Crippen LogP contribution is 2.30. The van der Waals surface area contributed by atoms with E-state index in [1.54, 1.807) is 22.9 Å². The molecule has 0 saturated carbocycles. The summed E-state index contributed by atoms with van der Waals surface area (Å²) in [5.74, 6) is 1.27. The van der Waals surface area contributed by atoms with Crippen LogP contribution in [0.2, 0.25) is 0 Å². The van der Waals surface area contributed by atoms with Crippen molar-refractivity contribution in [3.8, 4) is 17.1 Å². The van der Waals surface area contributed by atoms with Crippen LogP contribution >= 0.6 is 0 Å². The molecule has 1 aliphatic heterocycles. The molecule has 2 aromatic rings. The van der Waals surface area contributed by atoms with Crippen molar-refractivity contribution in [2.45, 2.75) is 12.5 Å². The fourth-order valence-corrected chi connectivity index (χ4v) is 4.14. The van der Waals surface area contributed by atoms with Crippen molar-refractivity contribution in [1.29, 1.82) is 0 Å². The Balaban J connectivity index is 2.00. The number of sulfone groups is 1. The van der Waals surface area contributed by atoms with E-state index in [-0.39, 0.29) is 17.5 Å². The van der Waals surface area contributed by atoms with Gasteiger partial charge in [0.25, 0.3) is 0 Å². The SMILES string of the molecule is COc1cc(-c2nnnn2C2CCS(=O)(=O)C2)ccc1N. The van der Waals surface area contributed by atoms with Crippen LogP contribution in [0.25, 0.3) is 11.4 Å². The van der Waals surface area contributed by atoms with Crippen LogP contribution in [0, 0.1) is 0 Å². The lowest BCUT2D eigenvalue weighted by molar-refractivity contribution is 0.417. The minimum atomic E-state index is -3.00. The van der Waals surface area contributed by atoms with Gasteiger partial charge in [-0.05, 0) is 35.0 Å². The van der Waals surface area contributed by atoms with Gasteiger partial charge in [0.2, 0.25) is 0 Å². The number of hydrogen-bond donors (Lipinski definition) is 1. The van der Waals surface area contributed by atoms with E-state index in [1.807, 2.05) is 0 Å². The van der Waals surface area contributed by atoms with Crippen molar-refractivity contribution in [2.75, 3.05) is 24.3 Å². The van der Waals surface area contributed by atoms with Crippen LogP contribution in [0.15, 0.2) is 18.2 Å². The molecule has 0 radical (unpaired) electrons. The van der Waals surface area contributed by atoms with Crippen LogP contribution in [0.4, 0.5) is 5.69 Å². The van der Waals surface area contributed by atoms with Gasteiger partial charge < -0.3 is 10.5 Å². The molecule has 2 heterocycles. The minimum Gasteiger partial charge on any atom is -0.495 e. The molecule has 3 rings (SSSR count). The molecule has 8 nitrogen and oxygen atoms in total. The second-order valence-electron chi connectivity index (χ2n) is 4.96. The maximum Gasteiger partial charge on any atom is 0.182 e. The summed E-state index contributed by atoms with van der Waals surface area (Å²) in [6.07, 6.45) is 0.520. The van der Waals surface area contributed by atoms with Crippen LogP contribution in [-0.4, -0.2) is 47.2 Å². The third-order valence-electron chi connectivity index (χ3n) is 3.54.